The van der Waals surface area contributed by atoms with Gasteiger partial charge in [-0.2, -0.15) is 0 Å². The zero-order valence-electron chi connectivity index (χ0n) is 21.0. The lowest BCUT2D eigenvalue weighted by molar-refractivity contribution is 0.0680. The highest BCUT2D eigenvalue weighted by molar-refractivity contribution is 5.83. The predicted octanol–water partition coefficient (Wildman–Crippen LogP) is 4.70. The number of rotatable bonds is 6. The normalized spacial score (nSPS) is 23.2. The number of alkyl halides is 1. The van der Waals surface area contributed by atoms with Crippen LogP contribution in [-0.2, 0) is 4.74 Å². The molecule has 0 radical (unpaired) electrons. The van der Waals surface area contributed by atoms with Gasteiger partial charge in [-0.15, -0.1) is 0 Å². The van der Waals surface area contributed by atoms with Gasteiger partial charge >= 0.3 is 0 Å². The molecule has 2 atom stereocenters. The van der Waals surface area contributed by atoms with Crippen LogP contribution in [0, 0.1) is 5.82 Å². The molecule has 0 N–H and O–H groups in total. The van der Waals surface area contributed by atoms with Crippen molar-refractivity contribution < 1.29 is 18.3 Å². The van der Waals surface area contributed by atoms with Crippen LogP contribution in [0.2, 0.25) is 0 Å². The summed E-state index contributed by atoms with van der Waals surface area (Å²) in [5, 5.41) is 1.33. The molecule has 3 aromatic rings. The van der Waals surface area contributed by atoms with Crippen molar-refractivity contribution in [1.29, 1.82) is 0 Å². The van der Waals surface area contributed by atoms with Gasteiger partial charge in [0.15, 0.2) is 0 Å². The number of halogens is 2. The van der Waals surface area contributed by atoms with Gasteiger partial charge in [0.1, 0.15) is 24.3 Å². The summed E-state index contributed by atoms with van der Waals surface area (Å²) in [4.78, 5) is 17.6. The second kappa shape index (κ2) is 10.4. The Hall–Kier alpha value is -2.97. The molecule has 0 amide bonds. The molecule has 8 heteroatoms. The SMILES string of the molecule is O=c1c2ccc(OCC3CCCO3)cc2ccn1-c1ccc(N2CCC(N3CCC(F)CC3)C2)c(F)c1. The summed E-state index contributed by atoms with van der Waals surface area (Å²) in [6.07, 6.45) is 5.31. The maximum atomic E-state index is 15.3. The number of fused-ring (bicyclic) bond motifs is 1. The fraction of sp³-hybridized carbons (Fsp3) is 0.483. The number of hydrogen-bond acceptors (Lipinski definition) is 5. The summed E-state index contributed by atoms with van der Waals surface area (Å²) < 4.78 is 41.7. The van der Waals surface area contributed by atoms with Crippen LogP contribution in [0.4, 0.5) is 14.5 Å². The Bertz CT molecular complexity index is 1320. The van der Waals surface area contributed by atoms with Gasteiger partial charge in [0.05, 0.1) is 17.5 Å². The molecule has 3 aliphatic rings. The molecule has 6 nitrogen and oxygen atoms in total. The zero-order valence-corrected chi connectivity index (χ0v) is 21.0. The quantitative estimate of drug-likeness (QED) is 0.482. The molecule has 6 rings (SSSR count). The third-order valence-corrected chi connectivity index (χ3v) is 8.02. The minimum Gasteiger partial charge on any atom is -0.491 e. The predicted molar refractivity (Wildman–Crippen MR) is 140 cm³/mol. The van der Waals surface area contributed by atoms with E-state index in [4.69, 9.17) is 9.47 Å². The monoisotopic (exact) mass is 509 g/mol. The Labute approximate surface area is 215 Å². The average Bonchev–Trinajstić information content (AvgIpc) is 3.61. The topological polar surface area (TPSA) is 46.9 Å². The van der Waals surface area contributed by atoms with Crippen LogP contribution in [0.25, 0.3) is 16.5 Å². The van der Waals surface area contributed by atoms with Crippen molar-refractivity contribution in [2.24, 2.45) is 0 Å². The lowest BCUT2D eigenvalue weighted by atomic mass is 10.1. The van der Waals surface area contributed by atoms with E-state index >= 15 is 4.39 Å². The largest absolute Gasteiger partial charge is 0.491 e. The number of benzene rings is 2. The van der Waals surface area contributed by atoms with Crippen molar-refractivity contribution in [1.82, 2.24) is 9.47 Å². The Balaban J connectivity index is 1.17. The number of aromatic nitrogens is 1. The molecule has 196 valence electrons. The molecule has 37 heavy (non-hydrogen) atoms. The number of pyridine rings is 1. The molecule has 3 aliphatic heterocycles. The highest BCUT2D eigenvalue weighted by atomic mass is 19.1. The van der Waals surface area contributed by atoms with Gasteiger partial charge in [-0.1, -0.05) is 0 Å². The third-order valence-electron chi connectivity index (χ3n) is 8.02. The number of hydrogen-bond donors (Lipinski definition) is 0. The van der Waals surface area contributed by atoms with Crippen LogP contribution in [-0.4, -0.2) is 67.2 Å². The third kappa shape index (κ3) is 5.09. The summed E-state index contributed by atoms with van der Waals surface area (Å²) >= 11 is 0. The van der Waals surface area contributed by atoms with Crippen LogP contribution in [0.1, 0.15) is 32.1 Å². The maximum Gasteiger partial charge on any atom is 0.262 e. The second-order valence-corrected chi connectivity index (χ2v) is 10.4. The van der Waals surface area contributed by atoms with E-state index < -0.39 is 6.17 Å². The van der Waals surface area contributed by atoms with E-state index in [0.29, 0.717) is 48.0 Å². The first-order valence-corrected chi connectivity index (χ1v) is 13.4. The van der Waals surface area contributed by atoms with Crippen LogP contribution in [0.3, 0.4) is 0 Å². The van der Waals surface area contributed by atoms with Crippen molar-refractivity contribution in [3.8, 4) is 11.4 Å². The Morgan fingerprint density at radius 3 is 2.65 bits per heavy atom. The summed E-state index contributed by atoms with van der Waals surface area (Å²) in [5.74, 6) is 0.360. The second-order valence-electron chi connectivity index (χ2n) is 10.4. The molecule has 4 heterocycles. The highest BCUT2D eigenvalue weighted by Gasteiger charge is 2.31. The van der Waals surface area contributed by atoms with E-state index in [2.05, 4.69) is 9.80 Å². The fourth-order valence-corrected chi connectivity index (χ4v) is 5.88. The van der Waals surface area contributed by atoms with Gasteiger partial charge < -0.3 is 14.4 Å². The number of piperidine rings is 1. The smallest absolute Gasteiger partial charge is 0.262 e. The molecule has 2 aromatic carbocycles. The molecule has 2 unspecified atom stereocenters. The number of anilines is 1. The lowest BCUT2D eigenvalue weighted by Crippen LogP contribution is -2.43. The first-order chi connectivity index (χ1) is 18.0. The van der Waals surface area contributed by atoms with Gasteiger partial charge in [-0.25, -0.2) is 8.78 Å². The van der Waals surface area contributed by atoms with E-state index in [9.17, 15) is 9.18 Å². The van der Waals surface area contributed by atoms with Crippen LogP contribution in [0.15, 0.2) is 53.5 Å². The van der Waals surface area contributed by atoms with Crippen LogP contribution >= 0.6 is 0 Å². The van der Waals surface area contributed by atoms with E-state index in [1.807, 2.05) is 12.1 Å². The van der Waals surface area contributed by atoms with Gasteiger partial charge in [-0.05, 0) is 73.9 Å². The minimum atomic E-state index is -0.690. The van der Waals surface area contributed by atoms with Crippen molar-refractivity contribution in [3.05, 3.63) is 64.8 Å². The number of ether oxygens (including phenoxy) is 2. The lowest BCUT2D eigenvalue weighted by Gasteiger charge is -2.33. The van der Waals surface area contributed by atoms with Gasteiger partial charge in [0.2, 0.25) is 0 Å². The highest BCUT2D eigenvalue weighted by Crippen LogP contribution is 2.29. The molecule has 0 spiro atoms. The van der Waals surface area contributed by atoms with E-state index in [-0.39, 0.29) is 17.5 Å². The summed E-state index contributed by atoms with van der Waals surface area (Å²) in [6.45, 7) is 4.33. The average molecular weight is 510 g/mol. The van der Waals surface area contributed by atoms with Gasteiger partial charge in [0.25, 0.3) is 5.56 Å². The first kappa shape index (κ1) is 24.4. The van der Waals surface area contributed by atoms with E-state index in [1.54, 1.807) is 30.5 Å². The molecular weight excluding hydrogens is 476 g/mol. The minimum absolute atomic E-state index is 0.127. The molecular formula is C29H33F2N3O3. The zero-order chi connectivity index (χ0) is 25.4. The molecule has 3 fully saturated rings. The van der Waals surface area contributed by atoms with Crippen LogP contribution < -0.4 is 15.2 Å². The molecule has 1 aromatic heterocycles. The van der Waals surface area contributed by atoms with Crippen molar-refractivity contribution in [2.75, 3.05) is 44.3 Å². The van der Waals surface area contributed by atoms with Crippen LogP contribution in [0.5, 0.6) is 5.75 Å². The molecule has 0 aliphatic carbocycles. The van der Waals surface area contributed by atoms with Crippen molar-refractivity contribution in [3.63, 3.8) is 0 Å². The molecule has 3 saturated heterocycles. The fourth-order valence-electron chi connectivity index (χ4n) is 5.88. The van der Waals surface area contributed by atoms with E-state index in [1.165, 1.54) is 10.6 Å². The summed E-state index contributed by atoms with van der Waals surface area (Å²) in [6, 6.07) is 12.6. The number of nitrogens with zero attached hydrogens (tertiary/aromatic N) is 3. The van der Waals surface area contributed by atoms with Gasteiger partial charge in [0, 0.05) is 56.5 Å². The van der Waals surface area contributed by atoms with Crippen molar-refractivity contribution in [2.45, 2.75) is 50.4 Å². The van der Waals surface area contributed by atoms with Gasteiger partial charge in [-0.3, -0.25) is 14.3 Å². The van der Waals surface area contributed by atoms with E-state index in [0.717, 1.165) is 57.4 Å². The molecule has 0 saturated carbocycles. The Kier molecular flexibility index (Phi) is 6.86. The Morgan fingerprint density at radius 2 is 1.86 bits per heavy atom. The number of likely N-dealkylation sites (tertiary alicyclic amines) is 1. The summed E-state index contributed by atoms with van der Waals surface area (Å²) in [5.41, 5.74) is 0.842. The maximum absolute atomic E-state index is 15.3. The molecule has 0 bridgehead atoms. The first-order valence-electron chi connectivity index (χ1n) is 13.4. The standard InChI is InChI=1S/C29H33F2N3O3/c30-21-8-11-32(12-9-21)23-10-13-33(18-23)28-6-3-22(17-27(28)31)34-14-7-20-16-24(4-5-26(20)29(34)35)37-19-25-2-1-15-36-25/h3-7,14,16-17,21,23,25H,1-2,8-13,15,18-19H2. The van der Waals surface area contributed by atoms with Crippen molar-refractivity contribution >= 4 is 16.5 Å². The summed E-state index contributed by atoms with van der Waals surface area (Å²) in [7, 11) is 0. The Morgan fingerprint density at radius 1 is 1.00 bits per heavy atom.